The Labute approximate surface area is 101 Å². The number of hydrogen-bond donors (Lipinski definition) is 3. The van der Waals surface area contributed by atoms with Crippen molar-refractivity contribution in [3.05, 3.63) is 18.2 Å². The fraction of sp³-hybridized carbons (Fsp3) is 0.125. The van der Waals surface area contributed by atoms with Gasteiger partial charge in [-0.05, 0) is 5.69 Å². The van der Waals surface area contributed by atoms with E-state index in [0.29, 0.717) is 5.69 Å². The van der Waals surface area contributed by atoms with E-state index in [4.69, 9.17) is 10.8 Å². The zero-order valence-corrected chi connectivity index (χ0v) is 10.0. The molecule has 0 radical (unpaired) electrons. The van der Waals surface area contributed by atoms with E-state index in [2.05, 4.69) is 11.4 Å². The smallest absolute Gasteiger partial charge is 0.531 e. The first-order valence-electron chi connectivity index (χ1n) is 3.37. The molecule has 0 aliphatic rings. The largest absolute Gasteiger partial charge is 3.00 e. The molecule has 1 aromatic rings. The number of nitrogens with one attached hydrogen (secondary N) is 1. The van der Waals surface area contributed by atoms with Crippen molar-refractivity contribution in [1.29, 1.82) is 0 Å². The molecule has 4 nitrogen and oxygen atoms in total. The number of hydrogen-bond acceptors (Lipinski definition) is 3. The van der Waals surface area contributed by atoms with E-state index in [1.54, 1.807) is 0 Å². The van der Waals surface area contributed by atoms with Crippen LogP contribution in [0.1, 0.15) is 6.92 Å². The molecule has 0 unspecified atom stereocenters. The van der Waals surface area contributed by atoms with E-state index in [1.165, 1.54) is 19.1 Å². The zero-order chi connectivity index (χ0) is 9.14. The second kappa shape index (κ2) is 5.19. The molecule has 0 atom stereocenters. The van der Waals surface area contributed by atoms with Crippen LogP contribution < -0.4 is 11.1 Å². The number of benzene rings is 1. The monoisotopic (exact) mass is 254 g/mol. The number of aromatic hydroxyl groups is 1. The van der Waals surface area contributed by atoms with Gasteiger partial charge in [-0.2, -0.15) is 6.07 Å². The number of anilines is 2. The molecular weight excluding hydrogens is 245 g/mol. The summed E-state index contributed by atoms with van der Waals surface area (Å²) in [5.74, 6) is -0.270. The number of phenolic OH excluding ortho intramolecular Hbond substituents is 1. The van der Waals surface area contributed by atoms with Crippen LogP contribution >= 0.6 is 0 Å². The van der Waals surface area contributed by atoms with Crippen molar-refractivity contribution < 1.29 is 42.6 Å². The Morgan fingerprint density at radius 1 is 1.69 bits per heavy atom. The first-order chi connectivity index (χ1) is 5.59. The molecule has 0 aliphatic carbocycles. The summed E-state index contributed by atoms with van der Waals surface area (Å²) in [5.41, 5.74) is 5.98. The Morgan fingerprint density at radius 2 is 2.31 bits per heavy atom. The summed E-state index contributed by atoms with van der Waals surface area (Å²) in [6, 6.07) is 5.44. The molecule has 5 heteroatoms. The number of phenols is 1. The van der Waals surface area contributed by atoms with Crippen molar-refractivity contribution in [1.82, 2.24) is 0 Å². The summed E-state index contributed by atoms with van der Waals surface area (Å²) < 4.78 is 0. The Hall–Kier alpha value is -0.606. The van der Waals surface area contributed by atoms with Gasteiger partial charge in [-0.3, -0.25) is 4.79 Å². The molecule has 1 rings (SSSR count). The van der Waals surface area contributed by atoms with Crippen molar-refractivity contribution in [3.8, 4) is 5.75 Å². The van der Waals surface area contributed by atoms with Crippen LogP contribution in [0.25, 0.3) is 0 Å². The van der Waals surface area contributed by atoms with E-state index >= 15 is 0 Å². The first-order valence-corrected chi connectivity index (χ1v) is 3.37. The number of carbonyl (C=O) groups is 1. The van der Waals surface area contributed by atoms with E-state index in [9.17, 15) is 4.79 Å². The predicted molar refractivity (Wildman–Crippen MR) is 45.7 cm³/mol. The fourth-order valence-corrected chi connectivity index (χ4v) is 0.753. The van der Waals surface area contributed by atoms with Crippen LogP contribution in [0, 0.1) is 6.07 Å². The van der Waals surface area contributed by atoms with Crippen molar-refractivity contribution in [3.63, 3.8) is 0 Å². The van der Waals surface area contributed by atoms with E-state index in [-0.39, 0.29) is 50.1 Å². The standard InChI is InChI=1S/C8H9N2O2.Y/c1-5(11)10-6-2-3-7(9)8(12)4-6;/h3-4,12H,9H2,1H3,(H,10,11);/q-1;+3. The summed E-state index contributed by atoms with van der Waals surface area (Å²) in [4.78, 5) is 10.6. The van der Waals surface area contributed by atoms with Crippen LogP contribution in [0.2, 0.25) is 0 Å². The van der Waals surface area contributed by atoms with Crippen molar-refractivity contribution in [2.45, 2.75) is 6.92 Å². The topological polar surface area (TPSA) is 75.4 Å². The minimum atomic E-state index is -0.213. The molecule has 0 spiro atoms. The summed E-state index contributed by atoms with van der Waals surface area (Å²) in [7, 11) is 0. The molecule has 0 saturated heterocycles. The first kappa shape index (κ1) is 12.4. The van der Waals surface area contributed by atoms with E-state index in [1.807, 2.05) is 0 Å². The second-order valence-electron chi connectivity index (χ2n) is 2.37. The molecule has 13 heavy (non-hydrogen) atoms. The van der Waals surface area contributed by atoms with Gasteiger partial charge in [0.05, 0.1) is 0 Å². The SMILES string of the molecule is CC(=O)Nc1[c-]cc(N)c(O)c1.[Y+3]. The zero-order valence-electron chi connectivity index (χ0n) is 7.16. The van der Waals surface area contributed by atoms with Gasteiger partial charge in [0.1, 0.15) is 0 Å². The van der Waals surface area contributed by atoms with E-state index in [0.717, 1.165) is 0 Å². The third-order valence-electron chi connectivity index (χ3n) is 1.27. The van der Waals surface area contributed by atoms with Gasteiger partial charge in [-0.15, -0.1) is 12.1 Å². The minimum absolute atomic E-state index is 0. The third kappa shape index (κ3) is 3.74. The molecule has 1 amide bonds. The van der Waals surface area contributed by atoms with Gasteiger partial charge >= 0.3 is 32.7 Å². The maximum Gasteiger partial charge on any atom is 3.00 e. The Bertz CT molecular complexity index is 315. The second-order valence-corrected chi connectivity index (χ2v) is 2.37. The number of nitrogen functional groups attached to an aromatic ring is 1. The summed E-state index contributed by atoms with van der Waals surface area (Å²) in [5, 5.41) is 11.6. The Kier molecular flexibility index (Phi) is 4.95. The Balaban J connectivity index is 0.00000144. The number of carbonyl (C=O) groups excluding carboxylic acids is 1. The molecule has 0 aliphatic heterocycles. The summed E-state index contributed by atoms with van der Waals surface area (Å²) >= 11 is 0. The van der Waals surface area contributed by atoms with E-state index < -0.39 is 0 Å². The normalized spacial score (nSPS) is 8.69. The average Bonchev–Trinajstić information content (AvgIpc) is 1.96. The summed E-state index contributed by atoms with van der Waals surface area (Å²) in [6.45, 7) is 1.38. The van der Waals surface area contributed by atoms with Gasteiger partial charge in [0, 0.05) is 12.7 Å². The van der Waals surface area contributed by atoms with Crippen LogP contribution in [0.5, 0.6) is 5.75 Å². The molecule has 0 fully saturated rings. The predicted octanol–water partition coefficient (Wildman–Crippen LogP) is 0.730. The average molecular weight is 254 g/mol. The van der Waals surface area contributed by atoms with Crippen LogP contribution in [0.3, 0.4) is 0 Å². The third-order valence-corrected chi connectivity index (χ3v) is 1.27. The maximum atomic E-state index is 10.6. The Morgan fingerprint density at radius 3 is 2.77 bits per heavy atom. The molecule has 0 bridgehead atoms. The number of rotatable bonds is 1. The minimum Gasteiger partial charge on any atom is -0.531 e. The van der Waals surface area contributed by atoms with Gasteiger partial charge in [0.25, 0.3) is 0 Å². The quantitative estimate of drug-likeness (QED) is 0.393. The van der Waals surface area contributed by atoms with Gasteiger partial charge in [-0.1, -0.05) is 5.69 Å². The van der Waals surface area contributed by atoms with Gasteiger partial charge in [0.15, 0.2) is 0 Å². The summed E-state index contributed by atoms with van der Waals surface area (Å²) in [6.07, 6.45) is 0. The number of amides is 1. The van der Waals surface area contributed by atoms with Crippen LogP contribution in [-0.2, 0) is 37.5 Å². The molecule has 0 aromatic heterocycles. The van der Waals surface area contributed by atoms with Crippen molar-refractivity contribution >= 4 is 17.3 Å². The van der Waals surface area contributed by atoms with Gasteiger partial charge < -0.3 is 16.2 Å². The molecule has 0 saturated carbocycles. The van der Waals surface area contributed by atoms with Crippen molar-refractivity contribution in [2.75, 3.05) is 11.1 Å². The molecule has 1 aromatic carbocycles. The van der Waals surface area contributed by atoms with Gasteiger partial charge in [0.2, 0.25) is 5.91 Å². The number of nitrogens with two attached hydrogens (primary N) is 1. The maximum absolute atomic E-state index is 10.6. The molecule has 64 valence electrons. The van der Waals surface area contributed by atoms with Crippen molar-refractivity contribution in [2.24, 2.45) is 0 Å². The fourth-order valence-electron chi connectivity index (χ4n) is 0.753. The van der Waals surface area contributed by atoms with Crippen LogP contribution in [0.15, 0.2) is 12.1 Å². The van der Waals surface area contributed by atoms with Crippen LogP contribution in [-0.4, -0.2) is 11.0 Å². The molecule has 0 heterocycles. The van der Waals surface area contributed by atoms with Crippen LogP contribution in [0.4, 0.5) is 11.4 Å². The van der Waals surface area contributed by atoms with Gasteiger partial charge in [-0.25, -0.2) is 0 Å². The molecular formula is C8H9N2O2Y+2. The molecule has 4 N–H and O–H groups in total.